The Morgan fingerprint density at radius 1 is 1.09 bits per heavy atom. The summed E-state index contributed by atoms with van der Waals surface area (Å²) in [5.41, 5.74) is 5.49. The highest BCUT2D eigenvalue weighted by molar-refractivity contribution is 7.92. The Bertz CT molecular complexity index is 1290. The largest absolute Gasteiger partial charge is 0.497 e. The molecule has 1 heterocycles. The zero-order valence-corrected chi connectivity index (χ0v) is 20.2. The predicted molar refractivity (Wildman–Crippen MR) is 131 cm³/mol. The molecule has 0 aliphatic rings. The van der Waals surface area contributed by atoms with Crippen LogP contribution in [-0.4, -0.2) is 37.5 Å². The first-order valence-corrected chi connectivity index (χ1v) is 12.2. The molecule has 2 N–H and O–H groups in total. The maximum atomic E-state index is 12.6. The molecule has 33 heavy (non-hydrogen) atoms. The molecule has 0 aliphatic heterocycles. The Labute approximate surface area is 194 Å². The first kappa shape index (κ1) is 24.1. The normalized spacial score (nSPS) is 11.5. The van der Waals surface area contributed by atoms with E-state index in [1.807, 2.05) is 25.5 Å². The van der Waals surface area contributed by atoms with E-state index in [9.17, 15) is 13.2 Å². The van der Waals surface area contributed by atoms with Crippen LogP contribution in [0.15, 0.2) is 48.5 Å². The van der Waals surface area contributed by atoms with Crippen molar-refractivity contribution in [2.45, 2.75) is 27.3 Å². The zero-order chi connectivity index (χ0) is 24.2. The van der Waals surface area contributed by atoms with E-state index in [1.54, 1.807) is 18.2 Å². The molecule has 3 rings (SSSR count). The minimum Gasteiger partial charge on any atom is -0.497 e. The smallest absolute Gasteiger partial charge is 0.248 e. The highest BCUT2D eigenvalue weighted by Gasteiger charge is 2.13. The maximum Gasteiger partial charge on any atom is 0.248 e. The van der Waals surface area contributed by atoms with Crippen molar-refractivity contribution in [3.63, 3.8) is 0 Å². The Balaban J connectivity index is 1.78. The predicted octanol–water partition coefficient (Wildman–Crippen LogP) is 3.89. The average molecular weight is 469 g/mol. The van der Waals surface area contributed by atoms with Crippen molar-refractivity contribution < 1.29 is 17.9 Å². The molecular weight excluding hydrogens is 440 g/mol. The summed E-state index contributed by atoms with van der Waals surface area (Å²) in [5.74, 6) is 0.0716. The Morgan fingerprint density at radius 3 is 2.42 bits per heavy atom. The molecule has 174 valence electrons. The number of aromatic nitrogens is 2. The second kappa shape index (κ2) is 9.91. The second-order valence-electron chi connectivity index (χ2n) is 7.84. The second-order valence-corrected chi connectivity index (χ2v) is 9.58. The number of carbonyl (C=O) groups is 1. The van der Waals surface area contributed by atoms with Gasteiger partial charge in [0.25, 0.3) is 0 Å². The van der Waals surface area contributed by atoms with Crippen LogP contribution in [0.4, 0.5) is 11.4 Å². The van der Waals surface area contributed by atoms with Crippen LogP contribution in [0.25, 0.3) is 6.08 Å². The first-order valence-electron chi connectivity index (χ1n) is 10.3. The highest BCUT2D eigenvalue weighted by atomic mass is 32.2. The van der Waals surface area contributed by atoms with Gasteiger partial charge in [0.15, 0.2) is 0 Å². The summed E-state index contributed by atoms with van der Waals surface area (Å²) >= 11 is 0. The highest BCUT2D eigenvalue weighted by Crippen LogP contribution is 2.28. The van der Waals surface area contributed by atoms with Crippen LogP contribution in [0.1, 0.15) is 28.1 Å². The number of methoxy groups -OCH3 is 1. The van der Waals surface area contributed by atoms with Gasteiger partial charge in [-0.2, -0.15) is 5.10 Å². The molecule has 0 saturated carbocycles. The van der Waals surface area contributed by atoms with Gasteiger partial charge in [0.2, 0.25) is 15.9 Å². The molecule has 1 aromatic heterocycles. The van der Waals surface area contributed by atoms with Crippen LogP contribution < -0.4 is 14.8 Å². The van der Waals surface area contributed by atoms with Gasteiger partial charge in [0.1, 0.15) is 5.75 Å². The number of hydrogen-bond acceptors (Lipinski definition) is 5. The number of aryl methyl sites for hydroxylation is 2. The molecule has 2 aromatic carbocycles. The Morgan fingerprint density at radius 2 is 1.79 bits per heavy atom. The Hall–Kier alpha value is -3.59. The number of anilines is 2. The molecule has 0 atom stereocenters. The molecule has 0 aliphatic carbocycles. The van der Waals surface area contributed by atoms with E-state index in [0.29, 0.717) is 12.3 Å². The summed E-state index contributed by atoms with van der Waals surface area (Å²) in [6.45, 7) is 6.54. The van der Waals surface area contributed by atoms with E-state index in [1.165, 1.54) is 24.8 Å². The fourth-order valence-corrected chi connectivity index (χ4v) is 3.93. The van der Waals surface area contributed by atoms with Crippen LogP contribution >= 0.6 is 0 Å². The summed E-state index contributed by atoms with van der Waals surface area (Å²) in [6.07, 6.45) is 4.15. The fraction of sp³-hybridized carbons (Fsp3) is 0.250. The van der Waals surface area contributed by atoms with Crippen molar-refractivity contribution in [1.29, 1.82) is 0 Å². The minimum atomic E-state index is -3.52. The number of rotatable bonds is 8. The standard InChI is InChI=1S/C24H28N4O4S/c1-16-6-8-19(9-7-16)15-28-18(3)21(17(2)26-28)11-13-24(29)25-23-14-20(32-4)10-12-22(23)27-33(5,30)31/h6-14,27H,15H2,1-5H3,(H,25,29). The SMILES string of the molecule is COc1ccc(NS(C)(=O)=O)c(NC(=O)C=Cc2c(C)nn(Cc3ccc(C)cc3)c2C)c1. The third-order valence-corrected chi connectivity index (χ3v) is 5.66. The molecular formula is C24H28N4O4S. The van der Waals surface area contributed by atoms with Crippen LogP contribution in [0, 0.1) is 20.8 Å². The molecule has 0 unspecified atom stereocenters. The van der Waals surface area contributed by atoms with Crippen molar-refractivity contribution in [3.8, 4) is 5.75 Å². The van der Waals surface area contributed by atoms with Crippen LogP contribution in [0.2, 0.25) is 0 Å². The van der Waals surface area contributed by atoms with Gasteiger partial charge in [-0.15, -0.1) is 0 Å². The third-order valence-electron chi connectivity index (χ3n) is 5.07. The van der Waals surface area contributed by atoms with Crippen molar-refractivity contribution >= 4 is 33.4 Å². The van der Waals surface area contributed by atoms with Gasteiger partial charge >= 0.3 is 0 Å². The van der Waals surface area contributed by atoms with Crippen molar-refractivity contribution in [2.24, 2.45) is 0 Å². The zero-order valence-electron chi connectivity index (χ0n) is 19.3. The van der Waals surface area contributed by atoms with Crippen LogP contribution in [-0.2, 0) is 21.4 Å². The monoisotopic (exact) mass is 468 g/mol. The van der Waals surface area contributed by atoms with Crippen molar-refractivity contribution in [3.05, 3.63) is 76.6 Å². The molecule has 0 bridgehead atoms. The summed E-state index contributed by atoms with van der Waals surface area (Å²) in [5, 5.41) is 7.32. The fourth-order valence-electron chi connectivity index (χ4n) is 3.35. The van der Waals surface area contributed by atoms with Gasteiger partial charge in [-0.3, -0.25) is 14.2 Å². The lowest BCUT2D eigenvalue weighted by atomic mass is 10.1. The molecule has 9 heteroatoms. The van der Waals surface area contributed by atoms with Gasteiger partial charge < -0.3 is 10.1 Å². The van der Waals surface area contributed by atoms with Crippen LogP contribution in [0.3, 0.4) is 0 Å². The van der Waals surface area contributed by atoms with Gasteiger partial charge in [0, 0.05) is 23.4 Å². The maximum absolute atomic E-state index is 12.6. The van der Waals surface area contributed by atoms with E-state index in [2.05, 4.69) is 39.4 Å². The topological polar surface area (TPSA) is 102 Å². The quantitative estimate of drug-likeness (QED) is 0.489. The number of sulfonamides is 1. The van der Waals surface area contributed by atoms with E-state index in [4.69, 9.17) is 4.74 Å². The summed E-state index contributed by atoms with van der Waals surface area (Å²) in [4.78, 5) is 12.6. The van der Waals surface area contributed by atoms with Gasteiger partial charge in [0.05, 0.1) is 37.0 Å². The third kappa shape index (κ3) is 6.45. The van der Waals surface area contributed by atoms with E-state index < -0.39 is 15.9 Å². The lowest BCUT2D eigenvalue weighted by molar-refractivity contribution is -0.111. The number of ether oxygens (including phenoxy) is 1. The summed E-state index contributed by atoms with van der Waals surface area (Å²) in [7, 11) is -2.03. The van der Waals surface area contributed by atoms with Gasteiger partial charge in [-0.05, 0) is 44.5 Å². The number of nitrogens with one attached hydrogen (secondary N) is 2. The number of nitrogens with zero attached hydrogens (tertiary/aromatic N) is 2. The molecule has 0 fully saturated rings. The molecule has 0 spiro atoms. The first-order chi connectivity index (χ1) is 15.6. The van der Waals surface area contributed by atoms with Gasteiger partial charge in [-0.1, -0.05) is 29.8 Å². The lowest BCUT2D eigenvalue weighted by Gasteiger charge is -2.12. The van der Waals surface area contributed by atoms with E-state index in [-0.39, 0.29) is 11.4 Å². The molecule has 0 saturated heterocycles. The van der Waals surface area contributed by atoms with E-state index >= 15 is 0 Å². The summed E-state index contributed by atoms with van der Waals surface area (Å²) in [6, 6.07) is 13.0. The number of carbonyl (C=O) groups excluding carboxylic acids is 1. The van der Waals surface area contributed by atoms with Crippen molar-refractivity contribution in [2.75, 3.05) is 23.4 Å². The summed E-state index contributed by atoms with van der Waals surface area (Å²) < 4.78 is 32.8. The molecule has 0 radical (unpaired) electrons. The van der Waals surface area contributed by atoms with Crippen LogP contribution in [0.5, 0.6) is 5.75 Å². The lowest BCUT2D eigenvalue weighted by Crippen LogP contribution is -2.14. The minimum absolute atomic E-state index is 0.248. The van der Waals surface area contributed by atoms with E-state index in [0.717, 1.165) is 28.8 Å². The molecule has 1 amide bonds. The number of benzene rings is 2. The molecule has 8 nitrogen and oxygen atoms in total. The van der Waals surface area contributed by atoms with Gasteiger partial charge in [-0.25, -0.2) is 8.42 Å². The molecule has 3 aromatic rings. The number of amides is 1. The average Bonchev–Trinajstić information content (AvgIpc) is 3.01. The number of hydrogen-bond donors (Lipinski definition) is 2. The van der Waals surface area contributed by atoms with Crippen molar-refractivity contribution in [1.82, 2.24) is 9.78 Å². The Kier molecular flexibility index (Phi) is 7.23.